The number of aliphatic carboxylic acids is 1. The molecule has 0 aliphatic heterocycles. The molecule has 10 nitrogen and oxygen atoms in total. The smallest absolute Gasteiger partial charge is 0.326 e. The van der Waals surface area contributed by atoms with Gasteiger partial charge < -0.3 is 31.6 Å². The molecule has 1 aromatic heterocycles. The van der Waals surface area contributed by atoms with E-state index in [0.717, 1.165) is 0 Å². The number of aromatic amines is 1. The fourth-order valence-corrected chi connectivity index (χ4v) is 1.85. The number of nitrogens with one attached hydrogen (secondary N) is 3. The van der Waals surface area contributed by atoms with E-state index in [1.54, 1.807) is 13.8 Å². The number of carboxylic acids is 1. The highest BCUT2D eigenvalue weighted by Crippen LogP contribution is 2.01. The largest absolute Gasteiger partial charge is 0.480 e. The minimum Gasteiger partial charge on any atom is -0.480 e. The van der Waals surface area contributed by atoms with Crippen LogP contribution in [0.4, 0.5) is 0 Å². The van der Waals surface area contributed by atoms with Crippen molar-refractivity contribution in [3.05, 3.63) is 18.2 Å². The highest BCUT2D eigenvalue weighted by Gasteiger charge is 2.28. The van der Waals surface area contributed by atoms with Crippen LogP contribution in [0.5, 0.6) is 0 Å². The quantitative estimate of drug-likeness (QED) is 0.301. The Balaban J connectivity index is 2.69. The number of carboxylic acid groups (broad SMARTS) is 1. The van der Waals surface area contributed by atoms with Gasteiger partial charge in [-0.05, 0) is 5.92 Å². The predicted octanol–water partition coefficient (Wildman–Crippen LogP) is -2.02. The molecule has 0 aromatic carbocycles. The van der Waals surface area contributed by atoms with Crippen molar-refractivity contribution in [2.45, 2.75) is 38.4 Å². The lowest BCUT2D eigenvalue weighted by Crippen LogP contribution is -2.56. The van der Waals surface area contributed by atoms with Crippen LogP contribution in [0.15, 0.2) is 12.5 Å². The van der Waals surface area contributed by atoms with Gasteiger partial charge in [-0.3, -0.25) is 9.59 Å². The van der Waals surface area contributed by atoms with Gasteiger partial charge >= 0.3 is 5.97 Å². The molecule has 134 valence electrons. The first-order valence-corrected chi connectivity index (χ1v) is 7.43. The number of carbonyl (C=O) groups excluding carboxylic acids is 2. The summed E-state index contributed by atoms with van der Waals surface area (Å²) in [6, 6.07) is -3.36. The number of aromatic nitrogens is 2. The molecule has 0 saturated heterocycles. The molecular formula is C14H23N5O5. The van der Waals surface area contributed by atoms with E-state index in [0.29, 0.717) is 5.69 Å². The maximum absolute atomic E-state index is 12.1. The van der Waals surface area contributed by atoms with Gasteiger partial charge in [0.25, 0.3) is 0 Å². The lowest BCUT2D eigenvalue weighted by atomic mass is 10.0. The fourth-order valence-electron chi connectivity index (χ4n) is 1.85. The number of amides is 2. The second-order valence-electron chi connectivity index (χ2n) is 5.69. The Labute approximate surface area is 138 Å². The number of hydrogen-bond donors (Lipinski definition) is 6. The third-order valence-electron chi connectivity index (χ3n) is 3.43. The number of carbonyl (C=O) groups is 3. The molecule has 0 unspecified atom stereocenters. The molecule has 0 aliphatic carbocycles. The molecule has 0 bridgehead atoms. The van der Waals surface area contributed by atoms with E-state index in [1.807, 2.05) is 0 Å². The van der Waals surface area contributed by atoms with E-state index in [4.69, 9.17) is 5.73 Å². The number of imidazole rings is 1. The number of rotatable bonds is 9. The number of aliphatic hydroxyl groups excluding tert-OH is 1. The van der Waals surface area contributed by atoms with E-state index in [1.165, 1.54) is 12.5 Å². The van der Waals surface area contributed by atoms with Gasteiger partial charge in [0.05, 0.1) is 19.0 Å². The Hall–Kier alpha value is -2.46. The van der Waals surface area contributed by atoms with Gasteiger partial charge in [-0.15, -0.1) is 0 Å². The number of hydrogen-bond acceptors (Lipinski definition) is 6. The Bertz CT molecular complexity index is 560. The van der Waals surface area contributed by atoms with Crippen LogP contribution in [0.25, 0.3) is 0 Å². The van der Waals surface area contributed by atoms with Crippen LogP contribution < -0.4 is 16.4 Å². The predicted molar refractivity (Wildman–Crippen MR) is 83.7 cm³/mol. The van der Waals surface area contributed by atoms with Gasteiger partial charge in [0.1, 0.15) is 12.1 Å². The molecule has 0 saturated carbocycles. The van der Waals surface area contributed by atoms with Crippen LogP contribution in [0.3, 0.4) is 0 Å². The van der Waals surface area contributed by atoms with E-state index in [9.17, 15) is 24.6 Å². The van der Waals surface area contributed by atoms with Crippen LogP contribution in [-0.4, -0.2) is 62.7 Å². The van der Waals surface area contributed by atoms with Gasteiger partial charge in [0.15, 0.2) is 0 Å². The molecule has 1 aromatic rings. The summed E-state index contributed by atoms with van der Waals surface area (Å²) >= 11 is 0. The van der Waals surface area contributed by atoms with Gasteiger partial charge in [-0.25, -0.2) is 9.78 Å². The van der Waals surface area contributed by atoms with E-state index >= 15 is 0 Å². The van der Waals surface area contributed by atoms with Crippen molar-refractivity contribution in [3.8, 4) is 0 Å². The second-order valence-corrected chi connectivity index (χ2v) is 5.69. The highest BCUT2D eigenvalue weighted by atomic mass is 16.4. The minimum absolute atomic E-state index is 0.0152. The highest BCUT2D eigenvalue weighted by molar-refractivity contribution is 5.91. The van der Waals surface area contributed by atoms with Crippen molar-refractivity contribution in [3.63, 3.8) is 0 Å². The average Bonchev–Trinajstić information content (AvgIpc) is 3.03. The molecule has 2 amide bonds. The zero-order valence-corrected chi connectivity index (χ0v) is 13.5. The van der Waals surface area contributed by atoms with Crippen molar-refractivity contribution in [1.29, 1.82) is 0 Å². The molecule has 1 heterocycles. The third kappa shape index (κ3) is 5.63. The molecule has 24 heavy (non-hydrogen) atoms. The third-order valence-corrected chi connectivity index (χ3v) is 3.43. The zero-order valence-electron chi connectivity index (χ0n) is 13.5. The molecule has 0 aliphatic rings. The van der Waals surface area contributed by atoms with Gasteiger partial charge in [-0.2, -0.15) is 0 Å². The van der Waals surface area contributed by atoms with Crippen molar-refractivity contribution >= 4 is 17.8 Å². The van der Waals surface area contributed by atoms with Gasteiger partial charge in [0.2, 0.25) is 11.8 Å². The van der Waals surface area contributed by atoms with Crippen molar-refractivity contribution in [1.82, 2.24) is 20.6 Å². The minimum atomic E-state index is -1.29. The van der Waals surface area contributed by atoms with Gasteiger partial charge in [0, 0.05) is 18.3 Å². The Morgan fingerprint density at radius 1 is 1.25 bits per heavy atom. The molecule has 0 radical (unpaired) electrons. The summed E-state index contributed by atoms with van der Waals surface area (Å²) in [7, 11) is 0. The van der Waals surface area contributed by atoms with Crippen molar-refractivity contribution < 1.29 is 24.6 Å². The molecule has 3 atom stereocenters. The van der Waals surface area contributed by atoms with Crippen LogP contribution >= 0.6 is 0 Å². The first-order valence-electron chi connectivity index (χ1n) is 7.43. The van der Waals surface area contributed by atoms with Crippen LogP contribution in [0, 0.1) is 5.92 Å². The normalized spacial score (nSPS) is 14.7. The Morgan fingerprint density at radius 2 is 1.88 bits per heavy atom. The van der Waals surface area contributed by atoms with E-state index in [2.05, 4.69) is 20.6 Å². The van der Waals surface area contributed by atoms with Crippen LogP contribution in [0.2, 0.25) is 0 Å². The number of nitrogens with zero attached hydrogens (tertiary/aromatic N) is 1. The lowest BCUT2D eigenvalue weighted by molar-refractivity contribution is -0.142. The first-order chi connectivity index (χ1) is 11.3. The summed E-state index contributed by atoms with van der Waals surface area (Å²) < 4.78 is 0. The van der Waals surface area contributed by atoms with E-state index in [-0.39, 0.29) is 12.3 Å². The number of H-pyrrole nitrogens is 1. The maximum atomic E-state index is 12.1. The molecule has 0 fully saturated rings. The molecule has 10 heteroatoms. The van der Waals surface area contributed by atoms with Crippen molar-refractivity contribution in [2.24, 2.45) is 11.7 Å². The fraction of sp³-hybridized carbons (Fsp3) is 0.571. The lowest BCUT2D eigenvalue weighted by Gasteiger charge is -2.22. The van der Waals surface area contributed by atoms with Gasteiger partial charge in [-0.1, -0.05) is 13.8 Å². The standard InChI is InChI=1S/C14H23N5O5/c1-7(2)11(15)13(22)19-10(5-20)12(21)18-9(14(23)24)3-8-4-16-6-17-8/h4,6-7,9-11,20H,3,5,15H2,1-2H3,(H,16,17)(H,18,21)(H,19,22)(H,23,24)/t9-,10-,11-/m0/s1. The van der Waals surface area contributed by atoms with Crippen LogP contribution in [0.1, 0.15) is 19.5 Å². The van der Waals surface area contributed by atoms with Crippen LogP contribution in [-0.2, 0) is 20.8 Å². The van der Waals surface area contributed by atoms with Crippen molar-refractivity contribution in [2.75, 3.05) is 6.61 Å². The zero-order chi connectivity index (χ0) is 18.3. The van der Waals surface area contributed by atoms with E-state index < -0.39 is 42.5 Å². The summed E-state index contributed by atoms with van der Waals surface area (Å²) in [5, 5.41) is 23.1. The summed E-state index contributed by atoms with van der Waals surface area (Å²) in [4.78, 5) is 41.8. The Morgan fingerprint density at radius 3 is 2.33 bits per heavy atom. The Kier molecular flexibility index (Phi) is 7.33. The summed E-state index contributed by atoms with van der Waals surface area (Å²) in [6.07, 6.45) is 2.81. The number of nitrogens with two attached hydrogens (primary N) is 1. The molecular weight excluding hydrogens is 318 g/mol. The summed E-state index contributed by atoms with van der Waals surface area (Å²) in [5.41, 5.74) is 6.19. The number of aliphatic hydroxyl groups is 1. The first kappa shape index (κ1) is 19.6. The SMILES string of the molecule is CC(C)[C@H](N)C(=O)N[C@@H](CO)C(=O)N[C@@H](Cc1cnc[nH]1)C(=O)O. The maximum Gasteiger partial charge on any atom is 0.326 e. The summed E-state index contributed by atoms with van der Waals surface area (Å²) in [5.74, 6) is -2.81. The molecule has 1 rings (SSSR count). The topological polar surface area (TPSA) is 170 Å². The monoisotopic (exact) mass is 341 g/mol. The second kappa shape index (κ2) is 8.99. The summed E-state index contributed by atoms with van der Waals surface area (Å²) in [6.45, 7) is 2.80. The molecule has 0 spiro atoms. The average molecular weight is 341 g/mol. The molecule has 7 N–H and O–H groups in total.